The summed E-state index contributed by atoms with van der Waals surface area (Å²) in [4.78, 5) is 17.5. The Hall–Kier alpha value is -1.00. The van der Waals surface area contributed by atoms with E-state index in [0.29, 0.717) is 22.8 Å². The number of hydrogen-bond acceptors (Lipinski definition) is 2. The standard InChI is InChI=1S/C16H24ClN3O/c1-3-19-8-4-6-13(19)14-7-5-9-20(14)16(21)15-10-12(17)11-18(15)2/h10-11,13-14H,3-9H2,1-2H3/t13-,14+/m0/s1. The van der Waals surface area contributed by atoms with Crippen molar-refractivity contribution in [1.29, 1.82) is 0 Å². The topological polar surface area (TPSA) is 28.5 Å². The average Bonchev–Trinajstić information content (AvgIpc) is 3.15. The third-order valence-electron chi connectivity index (χ3n) is 5.02. The smallest absolute Gasteiger partial charge is 0.270 e. The molecule has 4 nitrogen and oxygen atoms in total. The number of aryl methyl sites for hydroxylation is 1. The molecule has 3 heterocycles. The molecule has 1 amide bonds. The number of nitrogens with zero attached hydrogens (tertiary/aromatic N) is 3. The Kier molecular flexibility index (Phi) is 4.27. The third-order valence-corrected chi connectivity index (χ3v) is 5.22. The molecule has 0 saturated carbocycles. The number of likely N-dealkylation sites (tertiary alicyclic amines) is 2. The fourth-order valence-corrected chi connectivity index (χ4v) is 4.26. The molecule has 116 valence electrons. The highest BCUT2D eigenvalue weighted by Crippen LogP contribution is 2.31. The molecule has 0 aliphatic carbocycles. The first kappa shape index (κ1) is 14.9. The van der Waals surface area contributed by atoms with Crippen LogP contribution in [0.5, 0.6) is 0 Å². The van der Waals surface area contributed by atoms with Gasteiger partial charge in [0.25, 0.3) is 5.91 Å². The number of amides is 1. The summed E-state index contributed by atoms with van der Waals surface area (Å²) in [6.45, 7) is 5.35. The normalized spacial score (nSPS) is 26.7. The lowest BCUT2D eigenvalue weighted by atomic mass is 10.0. The quantitative estimate of drug-likeness (QED) is 0.859. The number of rotatable bonds is 3. The molecule has 0 unspecified atom stereocenters. The highest BCUT2D eigenvalue weighted by molar-refractivity contribution is 6.31. The van der Waals surface area contributed by atoms with E-state index < -0.39 is 0 Å². The molecule has 0 spiro atoms. The molecular formula is C16H24ClN3O. The molecule has 2 saturated heterocycles. The predicted molar refractivity (Wildman–Crippen MR) is 84.8 cm³/mol. The van der Waals surface area contributed by atoms with Crippen molar-refractivity contribution < 1.29 is 4.79 Å². The van der Waals surface area contributed by atoms with Gasteiger partial charge in [-0.3, -0.25) is 9.69 Å². The maximum atomic E-state index is 12.9. The Labute approximate surface area is 131 Å². The first-order valence-electron chi connectivity index (χ1n) is 7.98. The Balaban J connectivity index is 1.80. The zero-order valence-corrected chi connectivity index (χ0v) is 13.6. The number of carbonyl (C=O) groups excluding carboxylic acids is 1. The lowest BCUT2D eigenvalue weighted by Gasteiger charge is -2.34. The number of halogens is 1. The lowest BCUT2D eigenvalue weighted by Crippen LogP contribution is -2.48. The molecule has 1 aromatic heterocycles. The summed E-state index contributed by atoms with van der Waals surface area (Å²) in [5, 5.41) is 0.632. The number of hydrogen-bond donors (Lipinski definition) is 0. The minimum atomic E-state index is 0.134. The van der Waals surface area contributed by atoms with E-state index in [4.69, 9.17) is 11.6 Å². The van der Waals surface area contributed by atoms with Crippen molar-refractivity contribution in [2.75, 3.05) is 19.6 Å². The maximum Gasteiger partial charge on any atom is 0.270 e. The van der Waals surface area contributed by atoms with Crippen molar-refractivity contribution in [3.05, 3.63) is 23.0 Å². The average molecular weight is 310 g/mol. The van der Waals surface area contributed by atoms with Gasteiger partial charge in [0.15, 0.2) is 0 Å². The summed E-state index contributed by atoms with van der Waals surface area (Å²) in [6, 6.07) is 2.69. The van der Waals surface area contributed by atoms with E-state index in [2.05, 4.69) is 16.7 Å². The van der Waals surface area contributed by atoms with E-state index in [9.17, 15) is 4.79 Å². The SMILES string of the molecule is CCN1CCC[C@H]1[C@H]1CCCN1C(=O)c1cc(Cl)cn1C. The summed E-state index contributed by atoms with van der Waals surface area (Å²) in [5.41, 5.74) is 0.702. The van der Waals surface area contributed by atoms with Crippen LogP contribution in [-0.2, 0) is 7.05 Å². The highest BCUT2D eigenvalue weighted by Gasteiger charge is 2.39. The molecule has 21 heavy (non-hydrogen) atoms. The molecule has 0 bridgehead atoms. The third kappa shape index (κ3) is 2.71. The zero-order valence-electron chi connectivity index (χ0n) is 12.9. The van der Waals surface area contributed by atoms with Crippen molar-refractivity contribution in [2.24, 2.45) is 7.05 Å². The van der Waals surface area contributed by atoms with Crippen LogP contribution in [0.2, 0.25) is 5.02 Å². The molecule has 0 aromatic carbocycles. The summed E-state index contributed by atoms with van der Waals surface area (Å²) < 4.78 is 1.84. The van der Waals surface area contributed by atoms with Gasteiger partial charge in [-0.2, -0.15) is 0 Å². The van der Waals surface area contributed by atoms with Crippen LogP contribution in [-0.4, -0.2) is 52.0 Å². The van der Waals surface area contributed by atoms with Crippen molar-refractivity contribution in [3.8, 4) is 0 Å². The van der Waals surface area contributed by atoms with Crippen LogP contribution in [0, 0.1) is 0 Å². The van der Waals surface area contributed by atoms with Crippen molar-refractivity contribution in [3.63, 3.8) is 0 Å². The van der Waals surface area contributed by atoms with Crippen LogP contribution in [0.1, 0.15) is 43.1 Å². The van der Waals surface area contributed by atoms with Gasteiger partial charge in [0.2, 0.25) is 0 Å². The summed E-state index contributed by atoms with van der Waals surface area (Å²) >= 11 is 6.03. The Bertz CT molecular complexity index is 528. The first-order valence-corrected chi connectivity index (χ1v) is 8.36. The largest absolute Gasteiger partial charge is 0.345 e. The van der Waals surface area contributed by atoms with Gasteiger partial charge < -0.3 is 9.47 Å². The van der Waals surface area contributed by atoms with Gasteiger partial charge in [-0.1, -0.05) is 18.5 Å². The zero-order chi connectivity index (χ0) is 15.0. The van der Waals surface area contributed by atoms with E-state index in [1.807, 2.05) is 11.6 Å². The van der Waals surface area contributed by atoms with Gasteiger partial charge in [-0.25, -0.2) is 0 Å². The van der Waals surface area contributed by atoms with Crippen LogP contribution < -0.4 is 0 Å². The van der Waals surface area contributed by atoms with E-state index >= 15 is 0 Å². The maximum absolute atomic E-state index is 12.9. The fraction of sp³-hybridized carbons (Fsp3) is 0.688. The van der Waals surface area contributed by atoms with Gasteiger partial charge in [0, 0.05) is 31.9 Å². The van der Waals surface area contributed by atoms with Gasteiger partial charge >= 0.3 is 0 Å². The molecule has 0 N–H and O–H groups in total. The molecule has 2 aliphatic heterocycles. The van der Waals surface area contributed by atoms with Gasteiger partial charge in [-0.05, 0) is 44.8 Å². The minimum Gasteiger partial charge on any atom is -0.345 e. The number of carbonyl (C=O) groups is 1. The number of aromatic nitrogens is 1. The predicted octanol–water partition coefficient (Wildman–Crippen LogP) is 2.77. The highest BCUT2D eigenvalue weighted by atomic mass is 35.5. The molecule has 2 aliphatic rings. The molecule has 3 rings (SSSR count). The number of likely N-dealkylation sites (N-methyl/N-ethyl adjacent to an activating group) is 1. The van der Waals surface area contributed by atoms with E-state index in [-0.39, 0.29) is 5.91 Å². The van der Waals surface area contributed by atoms with E-state index in [1.165, 1.54) is 19.4 Å². The molecular weight excluding hydrogens is 286 g/mol. The second-order valence-corrected chi connectivity index (χ2v) is 6.64. The van der Waals surface area contributed by atoms with Crippen LogP contribution >= 0.6 is 11.6 Å². The summed E-state index contributed by atoms with van der Waals surface area (Å²) in [7, 11) is 1.89. The first-order chi connectivity index (χ1) is 10.1. The van der Waals surface area contributed by atoms with Crippen LogP contribution in [0.15, 0.2) is 12.3 Å². The van der Waals surface area contributed by atoms with E-state index in [0.717, 1.165) is 25.9 Å². The molecule has 1 aromatic rings. The molecule has 0 radical (unpaired) electrons. The lowest BCUT2D eigenvalue weighted by molar-refractivity contribution is 0.0640. The van der Waals surface area contributed by atoms with Crippen LogP contribution in [0.3, 0.4) is 0 Å². The Morgan fingerprint density at radius 1 is 1.29 bits per heavy atom. The van der Waals surface area contributed by atoms with Crippen molar-refractivity contribution >= 4 is 17.5 Å². The fourth-order valence-electron chi connectivity index (χ4n) is 4.01. The van der Waals surface area contributed by atoms with E-state index in [1.54, 1.807) is 12.3 Å². The van der Waals surface area contributed by atoms with Crippen molar-refractivity contribution in [1.82, 2.24) is 14.4 Å². The van der Waals surface area contributed by atoms with Crippen molar-refractivity contribution in [2.45, 2.75) is 44.7 Å². The van der Waals surface area contributed by atoms with Gasteiger partial charge in [0.05, 0.1) is 5.02 Å². The molecule has 2 fully saturated rings. The monoisotopic (exact) mass is 309 g/mol. The Morgan fingerprint density at radius 3 is 2.67 bits per heavy atom. The van der Waals surface area contributed by atoms with Crippen LogP contribution in [0.4, 0.5) is 0 Å². The van der Waals surface area contributed by atoms with Gasteiger partial charge in [0.1, 0.15) is 5.69 Å². The van der Waals surface area contributed by atoms with Crippen LogP contribution in [0.25, 0.3) is 0 Å². The molecule has 2 atom stereocenters. The molecule has 5 heteroatoms. The van der Waals surface area contributed by atoms with Gasteiger partial charge in [-0.15, -0.1) is 0 Å². The Morgan fingerprint density at radius 2 is 2.00 bits per heavy atom. The second-order valence-electron chi connectivity index (χ2n) is 6.20. The summed E-state index contributed by atoms with van der Waals surface area (Å²) in [6.07, 6.45) is 6.52. The second kappa shape index (κ2) is 6.01. The minimum absolute atomic E-state index is 0.134. The summed E-state index contributed by atoms with van der Waals surface area (Å²) in [5.74, 6) is 0.134.